The van der Waals surface area contributed by atoms with Gasteiger partial charge in [-0.1, -0.05) is 6.92 Å². The lowest BCUT2D eigenvalue weighted by atomic mass is 9.97. The highest BCUT2D eigenvalue weighted by Gasteiger charge is 2.54. The summed E-state index contributed by atoms with van der Waals surface area (Å²) in [4.78, 5) is 0. The average Bonchev–Trinajstić information content (AvgIpc) is 2.60. The molecule has 5 atom stereocenters. The van der Waals surface area contributed by atoms with Crippen molar-refractivity contribution in [3.63, 3.8) is 0 Å². The maximum absolute atomic E-state index is 9.53. The third-order valence-corrected chi connectivity index (χ3v) is 2.98. The van der Waals surface area contributed by atoms with Crippen LogP contribution in [0.25, 0.3) is 0 Å². The maximum Gasteiger partial charge on any atom is 0.187 e. The molecule has 15 heavy (non-hydrogen) atoms. The molecule has 0 aromatic carbocycles. The largest absolute Gasteiger partial charge is 0.394 e. The molecule has 0 amide bonds. The minimum Gasteiger partial charge on any atom is -0.394 e. The first-order valence-corrected chi connectivity index (χ1v) is 5.24. The van der Waals surface area contributed by atoms with E-state index in [1.807, 2.05) is 20.8 Å². The van der Waals surface area contributed by atoms with Gasteiger partial charge < -0.3 is 24.4 Å². The van der Waals surface area contributed by atoms with Crippen LogP contribution in [0.2, 0.25) is 0 Å². The van der Waals surface area contributed by atoms with E-state index in [1.165, 1.54) is 0 Å². The minimum atomic E-state index is -0.874. The van der Waals surface area contributed by atoms with Crippen LogP contribution in [0.4, 0.5) is 0 Å². The molecule has 2 aliphatic rings. The number of aliphatic hydroxyl groups is 2. The van der Waals surface area contributed by atoms with Crippen LogP contribution in [0.3, 0.4) is 0 Å². The topological polar surface area (TPSA) is 68.2 Å². The Morgan fingerprint density at radius 2 is 2.00 bits per heavy atom. The van der Waals surface area contributed by atoms with E-state index in [0.717, 1.165) is 0 Å². The standard InChI is InChI=1S/C10H18O5/c1-5-7(6(12)4-11)13-9-8(5)14-10(2,3)15-9/h5-9,11-12H,4H2,1-3H3/t5?,6?,7-,8-,9+/m0/s1. The van der Waals surface area contributed by atoms with E-state index in [2.05, 4.69) is 0 Å². The van der Waals surface area contributed by atoms with Gasteiger partial charge in [-0.25, -0.2) is 0 Å². The summed E-state index contributed by atoms with van der Waals surface area (Å²) >= 11 is 0. The average molecular weight is 218 g/mol. The first-order chi connectivity index (χ1) is 6.94. The van der Waals surface area contributed by atoms with Crippen molar-refractivity contribution in [1.29, 1.82) is 0 Å². The number of rotatable bonds is 2. The highest BCUT2D eigenvalue weighted by molar-refractivity contribution is 4.93. The predicted octanol–water partition coefficient (Wildman–Crippen LogP) is -0.148. The van der Waals surface area contributed by atoms with Crippen molar-refractivity contribution in [2.24, 2.45) is 5.92 Å². The minimum absolute atomic E-state index is 0.0129. The predicted molar refractivity (Wildman–Crippen MR) is 51.0 cm³/mol. The van der Waals surface area contributed by atoms with Crippen LogP contribution in [0.5, 0.6) is 0 Å². The second-order valence-corrected chi connectivity index (χ2v) is 4.68. The van der Waals surface area contributed by atoms with Crippen LogP contribution in [0.15, 0.2) is 0 Å². The fraction of sp³-hybridized carbons (Fsp3) is 1.00. The van der Waals surface area contributed by atoms with E-state index in [0.29, 0.717) is 0 Å². The van der Waals surface area contributed by atoms with Gasteiger partial charge in [0, 0.05) is 5.92 Å². The Kier molecular flexibility index (Phi) is 2.77. The van der Waals surface area contributed by atoms with E-state index >= 15 is 0 Å². The second kappa shape index (κ2) is 3.68. The maximum atomic E-state index is 9.53. The molecule has 88 valence electrons. The van der Waals surface area contributed by atoms with Gasteiger partial charge in [-0.2, -0.15) is 0 Å². The van der Waals surface area contributed by atoms with Crippen LogP contribution in [0, 0.1) is 5.92 Å². The van der Waals surface area contributed by atoms with E-state index in [9.17, 15) is 5.11 Å². The zero-order valence-electron chi connectivity index (χ0n) is 9.21. The molecule has 2 rings (SSSR count). The Morgan fingerprint density at radius 1 is 1.33 bits per heavy atom. The van der Waals surface area contributed by atoms with E-state index < -0.39 is 24.3 Å². The van der Waals surface area contributed by atoms with Crippen molar-refractivity contribution in [3.05, 3.63) is 0 Å². The lowest BCUT2D eigenvalue weighted by Crippen LogP contribution is -2.37. The Morgan fingerprint density at radius 3 is 2.53 bits per heavy atom. The molecule has 0 aliphatic carbocycles. The monoisotopic (exact) mass is 218 g/mol. The highest BCUT2D eigenvalue weighted by atomic mass is 16.8. The summed E-state index contributed by atoms with van der Waals surface area (Å²) in [7, 11) is 0. The molecule has 5 heteroatoms. The molecule has 0 spiro atoms. The number of hydrogen-bond donors (Lipinski definition) is 2. The fourth-order valence-electron chi connectivity index (χ4n) is 2.23. The van der Waals surface area contributed by atoms with Crippen LogP contribution in [-0.2, 0) is 14.2 Å². The summed E-state index contributed by atoms with van der Waals surface area (Å²) in [6.45, 7) is 5.29. The van der Waals surface area contributed by atoms with E-state index in [-0.39, 0.29) is 18.6 Å². The molecule has 2 N–H and O–H groups in total. The molecule has 2 heterocycles. The lowest BCUT2D eigenvalue weighted by molar-refractivity contribution is -0.221. The third-order valence-electron chi connectivity index (χ3n) is 2.98. The quantitative estimate of drug-likeness (QED) is 0.674. The Labute approximate surface area is 88.9 Å². The van der Waals surface area contributed by atoms with Gasteiger partial charge in [0.1, 0.15) is 12.2 Å². The number of ether oxygens (including phenoxy) is 3. The normalized spacial score (nSPS) is 45.4. The van der Waals surface area contributed by atoms with E-state index in [1.54, 1.807) is 0 Å². The summed E-state index contributed by atoms with van der Waals surface area (Å²) in [6, 6.07) is 0. The Bertz CT molecular complexity index is 242. The van der Waals surface area contributed by atoms with Gasteiger partial charge in [-0.05, 0) is 13.8 Å². The summed E-state index contributed by atoms with van der Waals surface area (Å²) in [5, 5.41) is 18.4. The van der Waals surface area contributed by atoms with Crippen molar-refractivity contribution in [2.45, 2.75) is 51.2 Å². The highest BCUT2D eigenvalue weighted by Crippen LogP contribution is 2.41. The third kappa shape index (κ3) is 1.90. The molecule has 2 saturated heterocycles. The Balaban J connectivity index is 2.05. The molecule has 0 aromatic heterocycles. The molecule has 2 unspecified atom stereocenters. The van der Waals surface area contributed by atoms with Crippen LogP contribution >= 0.6 is 0 Å². The first-order valence-electron chi connectivity index (χ1n) is 5.24. The summed E-state index contributed by atoms with van der Waals surface area (Å²) in [6.07, 6.45) is -1.88. The summed E-state index contributed by atoms with van der Waals surface area (Å²) in [5.74, 6) is -0.613. The Hall–Kier alpha value is -0.200. The van der Waals surface area contributed by atoms with Crippen LogP contribution in [0.1, 0.15) is 20.8 Å². The smallest absolute Gasteiger partial charge is 0.187 e. The van der Waals surface area contributed by atoms with Gasteiger partial charge in [0.15, 0.2) is 12.1 Å². The molecule has 2 aliphatic heterocycles. The van der Waals surface area contributed by atoms with Crippen LogP contribution in [-0.4, -0.2) is 47.2 Å². The molecular formula is C10H18O5. The first kappa shape index (κ1) is 11.3. The van der Waals surface area contributed by atoms with Gasteiger partial charge in [0.05, 0.1) is 12.7 Å². The molecule has 2 fully saturated rings. The molecule has 5 nitrogen and oxygen atoms in total. The molecule has 0 aromatic rings. The van der Waals surface area contributed by atoms with Crippen molar-refractivity contribution < 1.29 is 24.4 Å². The van der Waals surface area contributed by atoms with Crippen LogP contribution < -0.4 is 0 Å². The molecule has 0 bridgehead atoms. The van der Waals surface area contributed by atoms with Crippen molar-refractivity contribution in [3.8, 4) is 0 Å². The molecular weight excluding hydrogens is 200 g/mol. The van der Waals surface area contributed by atoms with Gasteiger partial charge in [-0.3, -0.25) is 0 Å². The fourth-order valence-corrected chi connectivity index (χ4v) is 2.23. The molecule has 0 saturated carbocycles. The number of aliphatic hydroxyl groups excluding tert-OH is 2. The SMILES string of the molecule is CC1[C@@H](C(O)CO)O[C@@H]2OC(C)(C)O[C@@H]12. The van der Waals surface area contributed by atoms with Gasteiger partial charge >= 0.3 is 0 Å². The summed E-state index contributed by atoms with van der Waals surface area (Å²) < 4.78 is 16.7. The van der Waals surface area contributed by atoms with Crippen molar-refractivity contribution >= 4 is 0 Å². The number of hydrogen-bond acceptors (Lipinski definition) is 5. The number of fused-ring (bicyclic) bond motifs is 1. The van der Waals surface area contributed by atoms with Crippen molar-refractivity contribution in [1.82, 2.24) is 0 Å². The second-order valence-electron chi connectivity index (χ2n) is 4.68. The van der Waals surface area contributed by atoms with Gasteiger partial charge in [0.25, 0.3) is 0 Å². The van der Waals surface area contributed by atoms with Gasteiger partial charge in [0.2, 0.25) is 0 Å². The lowest BCUT2D eigenvalue weighted by Gasteiger charge is -2.25. The van der Waals surface area contributed by atoms with E-state index in [4.69, 9.17) is 19.3 Å². The summed E-state index contributed by atoms with van der Waals surface area (Å²) in [5.41, 5.74) is 0. The zero-order chi connectivity index (χ0) is 11.2. The van der Waals surface area contributed by atoms with Gasteiger partial charge in [-0.15, -0.1) is 0 Å². The van der Waals surface area contributed by atoms with Crippen molar-refractivity contribution in [2.75, 3.05) is 6.61 Å². The molecule has 0 radical (unpaired) electrons. The zero-order valence-corrected chi connectivity index (χ0v) is 9.21.